The molecule has 0 aromatic heterocycles. The van der Waals surface area contributed by atoms with Crippen molar-refractivity contribution in [2.45, 2.75) is 36.8 Å². The van der Waals surface area contributed by atoms with E-state index in [1.165, 1.54) is 5.75 Å². The molecule has 3 rings (SSSR count). The quantitative estimate of drug-likeness (QED) is 0.569. The van der Waals surface area contributed by atoms with Gasteiger partial charge in [0.05, 0.1) is 21.2 Å². The Morgan fingerprint density at radius 2 is 2.14 bits per heavy atom. The standard InChI is InChI=1S/C15H17Br2ClO2S/c16-12-5-10(8-18)6-13(17)14(12)20-11-1-3-19-15(7-11)2-4-21-9-15/h5-6,11H,1-4,7-9H2. The smallest absolute Gasteiger partial charge is 0.148 e. The Morgan fingerprint density at radius 1 is 1.38 bits per heavy atom. The predicted molar refractivity (Wildman–Crippen MR) is 95.7 cm³/mol. The molecule has 2 nitrogen and oxygen atoms in total. The maximum Gasteiger partial charge on any atom is 0.148 e. The van der Waals surface area contributed by atoms with Gasteiger partial charge in [-0.2, -0.15) is 11.8 Å². The van der Waals surface area contributed by atoms with Crippen molar-refractivity contribution in [3.8, 4) is 5.75 Å². The van der Waals surface area contributed by atoms with Gasteiger partial charge in [-0.05, 0) is 61.7 Å². The average molecular weight is 457 g/mol. The van der Waals surface area contributed by atoms with E-state index in [9.17, 15) is 0 Å². The zero-order chi connectivity index (χ0) is 14.9. The van der Waals surface area contributed by atoms with E-state index >= 15 is 0 Å². The minimum atomic E-state index is 0.0443. The molecule has 2 atom stereocenters. The van der Waals surface area contributed by atoms with Gasteiger partial charge in [0.15, 0.2) is 0 Å². The zero-order valence-electron chi connectivity index (χ0n) is 11.5. The average Bonchev–Trinajstić information content (AvgIpc) is 2.90. The topological polar surface area (TPSA) is 18.5 Å². The third kappa shape index (κ3) is 3.74. The van der Waals surface area contributed by atoms with Gasteiger partial charge < -0.3 is 9.47 Å². The van der Waals surface area contributed by atoms with Crippen molar-refractivity contribution in [1.82, 2.24) is 0 Å². The Bertz CT molecular complexity index is 497. The molecule has 0 bridgehead atoms. The van der Waals surface area contributed by atoms with Crippen molar-refractivity contribution in [3.63, 3.8) is 0 Å². The van der Waals surface area contributed by atoms with Crippen molar-refractivity contribution < 1.29 is 9.47 Å². The fraction of sp³-hybridized carbons (Fsp3) is 0.600. The first-order valence-corrected chi connectivity index (χ1v) is 10.3. The number of ether oxygens (including phenoxy) is 2. The summed E-state index contributed by atoms with van der Waals surface area (Å²) in [6.07, 6.45) is 3.29. The van der Waals surface area contributed by atoms with Crippen molar-refractivity contribution >= 4 is 55.2 Å². The minimum absolute atomic E-state index is 0.0443. The Labute approximate surface area is 151 Å². The van der Waals surface area contributed by atoms with Crippen molar-refractivity contribution in [1.29, 1.82) is 0 Å². The molecule has 2 aliphatic heterocycles. The van der Waals surface area contributed by atoms with Gasteiger partial charge in [0.25, 0.3) is 0 Å². The molecule has 1 aromatic carbocycles. The number of thioether (sulfide) groups is 1. The minimum Gasteiger partial charge on any atom is -0.488 e. The highest BCUT2D eigenvalue weighted by Gasteiger charge is 2.41. The molecular weight excluding hydrogens is 439 g/mol. The van der Waals surface area contributed by atoms with Crippen LogP contribution in [0.3, 0.4) is 0 Å². The second-order valence-corrected chi connectivity index (χ2v) is 8.67. The Balaban J connectivity index is 1.74. The summed E-state index contributed by atoms with van der Waals surface area (Å²) in [7, 11) is 0. The molecular formula is C15H17Br2ClO2S. The van der Waals surface area contributed by atoms with Crippen LogP contribution in [0.25, 0.3) is 0 Å². The second-order valence-electron chi connectivity index (χ2n) is 5.59. The third-order valence-electron chi connectivity index (χ3n) is 4.01. The van der Waals surface area contributed by atoms with E-state index < -0.39 is 0 Å². The summed E-state index contributed by atoms with van der Waals surface area (Å²) in [4.78, 5) is 0. The predicted octanol–water partition coefficient (Wildman–Crippen LogP) is 5.38. The summed E-state index contributed by atoms with van der Waals surface area (Å²) >= 11 is 15.1. The van der Waals surface area contributed by atoms with Crippen LogP contribution < -0.4 is 4.74 Å². The molecule has 6 heteroatoms. The lowest BCUT2D eigenvalue weighted by atomic mass is 9.91. The maximum atomic E-state index is 6.28. The SMILES string of the molecule is ClCc1cc(Br)c(OC2CCOC3(CCSC3)C2)c(Br)c1. The molecule has 2 heterocycles. The largest absolute Gasteiger partial charge is 0.488 e. The fourth-order valence-electron chi connectivity index (χ4n) is 2.92. The van der Waals surface area contributed by atoms with Gasteiger partial charge in [-0.15, -0.1) is 11.6 Å². The van der Waals surface area contributed by atoms with Gasteiger partial charge in [0.2, 0.25) is 0 Å². The van der Waals surface area contributed by atoms with Crippen LogP contribution >= 0.6 is 55.2 Å². The van der Waals surface area contributed by atoms with Gasteiger partial charge >= 0.3 is 0 Å². The van der Waals surface area contributed by atoms with Crippen LogP contribution in [-0.4, -0.2) is 29.8 Å². The van der Waals surface area contributed by atoms with Gasteiger partial charge in [-0.3, -0.25) is 0 Å². The zero-order valence-corrected chi connectivity index (χ0v) is 16.3. The molecule has 21 heavy (non-hydrogen) atoms. The van der Waals surface area contributed by atoms with Crippen LogP contribution in [0.4, 0.5) is 0 Å². The van der Waals surface area contributed by atoms with Crippen LogP contribution in [0.2, 0.25) is 0 Å². The van der Waals surface area contributed by atoms with E-state index in [0.29, 0.717) is 5.88 Å². The van der Waals surface area contributed by atoms with Gasteiger partial charge in [0, 0.05) is 24.5 Å². The number of rotatable bonds is 3. The summed E-state index contributed by atoms with van der Waals surface area (Å²) < 4.78 is 14.2. The summed E-state index contributed by atoms with van der Waals surface area (Å²) in [5.74, 6) is 3.66. The van der Waals surface area contributed by atoms with Gasteiger partial charge in [-0.1, -0.05) is 0 Å². The van der Waals surface area contributed by atoms with E-state index in [4.69, 9.17) is 21.1 Å². The number of hydrogen-bond acceptors (Lipinski definition) is 3. The van der Waals surface area contributed by atoms with Crippen molar-refractivity contribution in [2.24, 2.45) is 0 Å². The van der Waals surface area contributed by atoms with Crippen LogP contribution in [0.1, 0.15) is 24.8 Å². The highest BCUT2D eigenvalue weighted by Crippen LogP contribution is 2.41. The van der Waals surface area contributed by atoms with Crippen LogP contribution in [-0.2, 0) is 10.6 Å². The third-order valence-corrected chi connectivity index (χ3v) is 6.72. The van der Waals surface area contributed by atoms with Crippen LogP contribution in [0.15, 0.2) is 21.1 Å². The van der Waals surface area contributed by atoms with Crippen molar-refractivity contribution in [3.05, 3.63) is 26.6 Å². The van der Waals surface area contributed by atoms with E-state index in [1.54, 1.807) is 0 Å². The molecule has 2 fully saturated rings. The normalized spacial score (nSPS) is 29.0. The number of alkyl halides is 1. The Hall–Kier alpha value is 0.580. The van der Waals surface area contributed by atoms with Crippen LogP contribution in [0.5, 0.6) is 5.75 Å². The van der Waals surface area contributed by atoms with E-state index in [-0.39, 0.29) is 11.7 Å². The molecule has 2 aliphatic rings. The number of hydrogen-bond donors (Lipinski definition) is 0. The van der Waals surface area contributed by atoms with E-state index in [1.807, 2.05) is 23.9 Å². The second kappa shape index (κ2) is 7.00. The molecule has 0 saturated carbocycles. The monoisotopic (exact) mass is 454 g/mol. The maximum absolute atomic E-state index is 6.28. The summed E-state index contributed by atoms with van der Waals surface area (Å²) in [6.45, 7) is 0.792. The van der Waals surface area contributed by atoms with E-state index in [0.717, 1.165) is 51.9 Å². The Morgan fingerprint density at radius 3 is 2.76 bits per heavy atom. The molecule has 2 saturated heterocycles. The van der Waals surface area contributed by atoms with Crippen molar-refractivity contribution in [2.75, 3.05) is 18.1 Å². The highest BCUT2D eigenvalue weighted by molar-refractivity contribution is 9.11. The van der Waals surface area contributed by atoms with Gasteiger partial charge in [0.1, 0.15) is 11.9 Å². The molecule has 1 spiro atoms. The number of halogens is 3. The lowest BCUT2D eigenvalue weighted by Gasteiger charge is -2.37. The van der Waals surface area contributed by atoms with Crippen LogP contribution in [0, 0.1) is 0 Å². The lowest BCUT2D eigenvalue weighted by Crippen LogP contribution is -2.43. The molecule has 1 aromatic rings. The molecule has 116 valence electrons. The highest BCUT2D eigenvalue weighted by atomic mass is 79.9. The number of benzene rings is 1. The van der Waals surface area contributed by atoms with Gasteiger partial charge in [-0.25, -0.2) is 0 Å². The molecule has 0 aliphatic carbocycles. The fourth-order valence-corrected chi connectivity index (χ4v) is 5.92. The summed E-state index contributed by atoms with van der Waals surface area (Å²) in [5, 5.41) is 0. The first kappa shape index (κ1) is 16.4. The Kier molecular flexibility index (Phi) is 5.48. The molecule has 0 radical (unpaired) electrons. The molecule has 2 unspecified atom stereocenters. The molecule has 0 N–H and O–H groups in total. The lowest BCUT2D eigenvalue weighted by molar-refractivity contribution is -0.0961. The summed E-state index contributed by atoms with van der Waals surface area (Å²) in [6, 6.07) is 4.04. The molecule has 0 amide bonds. The first-order valence-electron chi connectivity index (χ1n) is 7.04. The summed E-state index contributed by atoms with van der Waals surface area (Å²) in [5.41, 5.74) is 1.11. The van der Waals surface area contributed by atoms with E-state index in [2.05, 4.69) is 31.9 Å². The first-order chi connectivity index (χ1) is 10.1.